The molecule has 0 amide bonds. The van der Waals surface area contributed by atoms with E-state index in [1.165, 1.54) is 5.56 Å². The Morgan fingerprint density at radius 1 is 1.16 bits per heavy atom. The minimum atomic E-state index is 0. The topological polar surface area (TPSA) is 69.4 Å². The summed E-state index contributed by atoms with van der Waals surface area (Å²) in [7, 11) is 0. The van der Waals surface area contributed by atoms with Crippen molar-refractivity contribution in [3.05, 3.63) is 35.5 Å². The quantitative estimate of drug-likeness (QED) is 0.636. The molecule has 2 aromatic heterocycles. The van der Waals surface area contributed by atoms with E-state index in [9.17, 15) is 0 Å². The summed E-state index contributed by atoms with van der Waals surface area (Å²) in [5.41, 5.74) is 5.47. The van der Waals surface area contributed by atoms with E-state index in [1.807, 2.05) is 24.3 Å². The molecule has 0 fully saturated rings. The Labute approximate surface area is 116 Å². The van der Waals surface area contributed by atoms with Crippen LogP contribution in [0.2, 0.25) is 0 Å². The van der Waals surface area contributed by atoms with Crippen LogP contribution in [-0.4, -0.2) is 26.7 Å². The lowest BCUT2D eigenvalue weighted by molar-refractivity contribution is 0.633. The van der Waals surface area contributed by atoms with Crippen LogP contribution in [0.25, 0.3) is 22.6 Å². The van der Waals surface area contributed by atoms with Crippen molar-refractivity contribution in [2.75, 3.05) is 6.54 Å². The third-order valence-electron chi connectivity index (χ3n) is 3.42. The van der Waals surface area contributed by atoms with E-state index in [0.717, 1.165) is 47.8 Å². The number of nitrogens with zero attached hydrogens (tertiary/aromatic N) is 2. The predicted octanol–water partition coefficient (Wildman–Crippen LogP) is 2.02. The molecule has 0 spiro atoms. The van der Waals surface area contributed by atoms with Gasteiger partial charge in [0.25, 0.3) is 0 Å². The summed E-state index contributed by atoms with van der Waals surface area (Å²) in [6.45, 7) is 1.84. The number of nitrogens with one attached hydrogen (secondary N) is 3. The van der Waals surface area contributed by atoms with Gasteiger partial charge in [-0.3, -0.25) is 5.10 Å². The van der Waals surface area contributed by atoms with E-state index in [-0.39, 0.29) is 12.4 Å². The van der Waals surface area contributed by atoms with Gasteiger partial charge in [-0.25, -0.2) is 4.98 Å². The Bertz CT molecular complexity index is 682. The van der Waals surface area contributed by atoms with Crippen molar-refractivity contribution in [2.45, 2.75) is 13.0 Å². The standard InChI is InChI=1S/C13H13N5.ClH/c1-2-4-10-9(3-1)15-13(16-10)12-8-5-6-14-7-11(8)17-18-12;/h1-4,14H,5-7H2,(H,15,16)(H,17,18);1H. The van der Waals surface area contributed by atoms with Crippen LogP contribution in [-0.2, 0) is 13.0 Å². The first-order valence-electron chi connectivity index (χ1n) is 6.14. The third-order valence-corrected chi connectivity index (χ3v) is 3.42. The first-order valence-corrected chi connectivity index (χ1v) is 6.14. The monoisotopic (exact) mass is 275 g/mol. The summed E-state index contributed by atoms with van der Waals surface area (Å²) in [6, 6.07) is 8.06. The number of H-pyrrole nitrogens is 2. The van der Waals surface area contributed by atoms with Crippen molar-refractivity contribution in [1.82, 2.24) is 25.5 Å². The molecule has 0 atom stereocenters. The molecule has 98 valence electrons. The lowest BCUT2D eigenvalue weighted by atomic mass is 10.1. The van der Waals surface area contributed by atoms with Gasteiger partial charge in [0.15, 0.2) is 5.82 Å². The van der Waals surface area contributed by atoms with Gasteiger partial charge in [-0.1, -0.05) is 12.1 Å². The molecule has 1 aliphatic heterocycles. The number of aromatic nitrogens is 4. The number of aromatic amines is 2. The molecule has 1 aromatic carbocycles. The molecule has 0 bridgehead atoms. The molecule has 0 unspecified atom stereocenters. The molecule has 0 aliphatic carbocycles. The lowest BCUT2D eigenvalue weighted by Crippen LogP contribution is -2.23. The molecule has 0 saturated heterocycles. The zero-order valence-corrected chi connectivity index (χ0v) is 11.0. The minimum absolute atomic E-state index is 0. The second-order valence-corrected chi connectivity index (χ2v) is 4.55. The zero-order chi connectivity index (χ0) is 11.9. The Kier molecular flexibility index (Phi) is 3.00. The third kappa shape index (κ3) is 1.91. The zero-order valence-electron chi connectivity index (χ0n) is 10.2. The first-order chi connectivity index (χ1) is 8.92. The van der Waals surface area contributed by atoms with Crippen LogP contribution in [0.4, 0.5) is 0 Å². The largest absolute Gasteiger partial charge is 0.337 e. The van der Waals surface area contributed by atoms with Crippen molar-refractivity contribution in [3.63, 3.8) is 0 Å². The molecular weight excluding hydrogens is 262 g/mol. The van der Waals surface area contributed by atoms with Crippen molar-refractivity contribution >= 4 is 23.4 Å². The highest BCUT2D eigenvalue weighted by Gasteiger charge is 2.19. The van der Waals surface area contributed by atoms with Crippen molar-refractivity contribution in [1.29, 1.82) is 0 Å². The fourth-order valence-electron chi connectivity index (χ4n) is 2.51. The van der Waals surface area contributed by atoms with Crippen LogP contribution in [0.1, 0.15) is 11.3 Å². The van der Waals surface area contributed by atoms with Crippen LogP contribution in [0.15, 0.2) is 24.3 Å². The summed E-state index contributed by atoms with van der Waals surface area (Å²) < 4.78 is 0. The molecule has 3 heterocycles. The fourth-order valence-corrected chi connectivity index (χ4v) is 2.51. The van der Waals surface area contributed by atoms with Crippen LogP contribution in [0.5, 0.6) is 0 Å². The van der Waals surface area contributed by atoms with Crippen LogP contribution >= 0.6 is 12.4 Å². The highest BCUT2D eigenvalue weighted by Crippen LogP contribution is 2.25. The van der Waals surface area contributed by atoms with Crippen LogP contribution in [0, 0.1) is 0 Å². The van der Waals surface area contributed by atoms with Gasteiger partial charge in [-0.15, -0.1) is 12.4 Å². The Balaban J connectivity index is 0.00000110. The Hall–Kier alpha value is -1.85. The molecule has 1 aliphatic rings. The van der Waals surface area contributed by atoms with E-state index in [4.69, 9.17) is 0 Å². The minimum Gasteiger partial charge on any atom is -0.337 e. The van der Waals surface area contributed by atoms with Crippen molar-refractivity contribution in [2.24, 2.45) is 0 Å². The SMILES string of the molecule is Cl.c1ccc2[nH]c(-c3[nH]nc4c3CCNC4)nc2c1. The Morgan fingerprint density at radius 3 is 2.95 bits per heavy atom. The molecule has 4 rings (SSSR count). The number of fused-ring (bicyclic) bond motifs is 2. The summed E-state index contributed by atoms with van der Waals surface area (Å²) in [5.74, 6) is 0.881. The molecule has 3 N–H and O–H groups in total. The Morgan fingerprint density at radius 2 is 2.05 bits per heavy atom. The molecule has 3 aromatic rings. The number of benzene rings is 1. The average molecular weight is 276 g/mol. The predicted molar refractivity (Wildman–Crippen MR) is 76.3 cm³/mol. The maximum absolute atomic E-state index is 4.62. The average Bonchev–Trinajstić information content (AvgIpc) is 3.02. The summed E-state index contributed by atoms with van der Waals surface area (Å²) in [6.07, 6.45) is 0.998. The molecule has 0 saturated carbocycles. The number of hydrogen-bond acceptors (Lipinski definition) is 3. The second-order valence-electron chi connectivity index (χ2n) is 4.55. The number of halogens is 1. The normalized spacial score (nSPS) is 14.1. The summed E-state index contributed by atoms with van der Waals surface area (Å²) >= 11 is 0. The van der Waals surface area contributed by atoms with Gasteiger partial charge in [0.05, 0.1) is 16.7 Å². The highest BCUT2D eigenvalue weighted by atomic mass is 35.5. The summed E-state index contributed by atoms with van der Waals surface area (Å²) in [4.78, 5) is 7.96. The molecular formula is C13H14ClN5. The van der Waals surface area contributed by atoms with E-state index in [1.54, 1.807) is 0 Å². The number of imidazole rings is 1. The molecule has 6 heteroatoms. The van der Waals surface area contributed by atoms with Gasteiger partial charge in [0.2, 0.25) is 0 Å². The maximum atomic E-state index is 4.62. The number of para-hydroxylation sites is 2. The number of hydrogen-bond donors (Lipinski definition) is 3. The van der Waals surface area contributed by atoms with Gasteiger partial charge < -0.3 is 10.3 Å². The maximum Gasteiger partial charge on any atom is 0.156 e. The van der Waals surface area contributed by atoms with Crippen molar-refractivity contribution < 1.29 is 0 Å². The highest BCUT2D eigenvalue weighted by molar-refractivity contribution is 5.85. The smallest absolute Gasteiger partial charge is 0.156 e. The molecule has 5 nitrogen and oxygen atoms in total. The lowest BCUT2D eigenvalue weighted by Gasteiger charge is -2.11. The first kappa shape index (κ1) is 12.2. The summed E-state index contributed by atoms with van der Waals surface area (Å²) in [5, 5.41) is 10.8. The second kappa shape index (κ2) is 4.68. The van der Waals surface area contributed by atoms with E-state index >= 15 is 0 Å². The van der Waals surface area contributed by atoms with Gasteiger partial charge in [0.1, 0.15) is 5.69 Å². The van der Waals surface area contributed by atoms with Gasteiger partial charge in [0, 0.05) is 12.1 Å². The van der Waals surface area contributed by atoms with Gasteiger partial charge in [-0.2, -0.15) is 5.10 Å². The molecule has 19 heavy (non-hydrogen) atoms. The van der Waals surface area contributed by atoms with E-state index in [0.29, 0.717) is 0 Å². The van der Waals surface area contributed by atoms with Crippen molar-refractivity contribution in [3.8, 4) is 11.5 Å². The van der Waals surface area contributed by atoms with E-state index < -0.39 is 0 Å². The number of rotatable bonds is 1. The van der Waals surface area contributed by atoms with Gasteiger partial charge >= 0.3 is 0 Å². The molecule has 0 radical (unpaired) electrons. The van der Waals surface area contributed by atoms with Crippen LogP contribution in [0.3, 0.4) is 0 Å². The van der Waals surface area contributed by atoms with E-state index in [2.05, 4.69) is 25.5 Å². The fraction of sp³-hybridized carbons (Fsp3) is 0.231. The van der Waals surface area contributed by atoms with Gasteiger partial charge in [-0.05, 0) is 25.1 Å². The van der Waals surface area contributed by atoms with Crippen LogP contribution < -0.4 is 5.32 Å².